The van der Waals surface area contributed by atoms with Gasteiger partial charge in [-0.1, -0.05) is 6.92 Å². The Balaban J connectivity index is 2.19. The molecule has 1 N–H and O–H groups in total. The molecule has 0 bridgehead atoms. The van der Waals surface area contributed by atoms with Crippen molar-refractivity contribution in [1.29, 1.82) is 0 Å². The van der Waals surface area contributed by atoms with Gasteiger partial charge in [-0.05, 0) is 25.5 Å². The van der Waals surface area contributed by atoms with Gasteiger partial charge in [-0.25, -0.2) is 8.78 Å². The van der Waals surface area contributed by atoms with E-state index in [0.29, 0.717) is 24.9 Å². The molecular formula is C15H20F2N2OS. The summed E-state index contributed by atoms with van der Waals surface area (Å²) in [5.41, 5.74) is -0.0944. The highest BCUT2D eigenvalue weighted by atomic mass is 32.2. The van der Waals surface area contributed by atoms with Gasteiger partial charge in [0, 0.05) is 36.2 Å². The normalized spacial score (nSPS) is 18.7. The quantitative estimate of drug-likeness (QED) is 0.925. The summed E-state index contributed by atoms with van der Waals surface area (Å²) < 4.78 is 27.8. The third-order valence-electron chi connectivity index (χ3n) is 3.52. The summed E-state index contributed by atoms with van der Waals surface area (Å²) in [6.07, 6.45) is 0.983. The highest BCUT2D eigenvalue weighted by Gasteiger charge is 2.25. The number of thioether (sulfide) groups is 1. The number of nitrogens with zero attached hydrogens (tertiary/aromatic N) is 1. The second-order valence-corrected chi connectivity index (χ2v) is 6.41. The lowest BCUT2D eigenvalue weighted by Crippen LogP contribution is -2.41. The summed E-state index contributed by atoms with van der Waals surface area (Å²) >= 11 is 1.84. The maximum atomic E-state index is 13.9. The molecule has 1 aliphatic rings. The van der Waals surface area contributed by atoms with Gasteiger partial charge in [-0.15, -0.1) is 0 Å². The third kappa shape index (κ3) is 3.67. The first kappa shape index (κ1) is 16.1. The van der Waals surface area contributed by atoms with E-state index >= 15 is 0 Å². The number of carbonyl (C=O) groups excluding carboxylic acids is 1. The van der Waals surface area contributed by atoms with E-state index in [0.717, 1.165) is 24.3 Å². The number of hydrogen-bond acceptors (Lipinski definition) is 3. The highest BCUT2D eigenvalue weighted by Crippen LogP contribution is 2.25. The van der Waals surface area contributed by atoms with Crippen LogP contribution in [-0.4, -0.2) is 41.4 Å². The van der Waals surface area contributed by atoms with Gasteiger partial charge >= 0.3 is 0 Å². The van der Waals surface area contributed by atoms with Gasteiger partial charge in [0.05, 0.1) is 0 Å². The van der Waals surface area contributed by atoms with E-state index in [-0.39, 0.29) is 17.2 Å². The Kier molecular flexibility index (Phi) is 5.45. The lowest BCUT2D eigenvalue weighted by molar-refractivity contribution is 0.0760. The van der Waals surface area contributed by atoms with Crippen LogP contribution < -0.4 is 5.32 Å². The molecule has 1 atom stereocenters. The minimum atomic E-state index is -0.723. The number of rotatable bonds is 4. The zero-order valence-corrected chi connectivity index (χ0v) is 13.1. The molecule has 21 heavy (non-hydrogen) atoms. The van der Waals surface area contributed by atoms with Crippen LogP contribution in [0.4, 0.5) is 14.5 Å². The molecule has 2 rings (SSSR count). The van der Waals surface area contributed by atoms with Crippen molar-refractivity contribution in [2.75, 3.05) is 30.7 Å². The number of nitrogens with one attached hydrogen (secondary N) is 1. The number of carbonyl (C=O) groups is 1. The van der Waals surface area contributed by atoms with Gasteiger partial charge < -0.3 is 10.2 Å². The lowest BCUT2D eigenvalue weighted by Gasteiger charge is -2.32. The van der Waals surface area contributed by atoms with Crippen molar-refractivity contribution in [2.24, 2.45) is 0 Å². The number of hydrogen-bond donors (Lipinski definition) is 1. The van der Waals surface area contributed by atoms with Crippen LogP contribution in [0.25, 0.3) is 0 Å². The van der Waals surface area contributed by atoms with Crippen LogP contribution >= 0.6 is 11.8 Å². The minimum Gasteiger partial charge on any atom is -0.381 e. The molecule has 6 heteroatoms. The van der Waals surface area contributed by atoms with Crippen molar-refractivity contribution in [3.05, 3.63) is 29.3 Å². The molecule has 1 amide bonds. The zero-order valence-electron chi connectivity index (χ0n) is 12.3. The predicted octanol–water partition coefficient (Wildman–Crippen LogP) is 3.36. The number of anilines is 1. The van der Waals surface area contributed by atoms with Crippen molar-refractivity contribution in [3.8, 4) is 0 Å². The average molecular weight is 314 g/mol. The maximum Gasteiger partial charge on any atom is 0.254 e. The zero-order chi connectivity index (χ0) is 15.4. The van der Waals surface area contributed by atoms with Gasteiger partial charge in [0.15, 0.2) is 0 Å². The van der Waals surface area contributed by atoms with E-state index < -0.39 is 11.6 Å². The van der Waals surface area contributed by atoms with E-state index in [1.807, 2.05) is 11.8 Å². The van der Waals surface area contributed by atoms with Crippen molar-refractivity contribution < 1.29 is 13.6 Å². The van der Waals surface area contributed by atoms with Gasteiger partial charge in [0.25, 0.3) is 5.91 Å². The molecule has 116 valence electrons. The van der Waals surface area contributed by atoms with Crippen LogP contribution in [0, 0.1) is 11.6 Å². The Labute approximate surface area is 128 Å². The summed E-state index contributed by atoms with van der Waals surface area (Å²) in [4.78, 5) is 14.1. The second kappa shape index (κ2) is 7.11. The van der Waals surface area contributed by atoms with Crippen LogP contribution in [0.15, 0.2) is 12.1 Å². The number of halogens is 2. The summed E-state index contributed by atoms with van der Waals surface area (Å²) in [6.45, 7) is 5.52. The van der Waals surface area contributed by atoms with Crippen molar-refractivity contribution in [3.63, 3.8) is 0 Å². The molecule has 0 spiro atoms. The molecule has 0 radical (unpaired) electrons. The van der Waals surface area contributed by atoms with Gasteiger partial charge in [-0.2, -0.15) is 11.8 Å². The Bertz CT molecular complexity index is 501. The van der Waals surface area contributed by atoms with Gasteiger partial charge in [-0.3, -0.25) is 4.79 Å². The Morgan fingerprint density at radius 1 is 1.38 bits per heavy atom. The van der Waals surface area contributed by atoms with E-state index in [9.17, 15) is 13.6 Å². The van der Waals surface area contributed by atoms with Crippen LogP contribution in [-0.2, 0) is 0 Å². The third-order valence-corrected chi connectivity index (χ3v) is 4.90. The SMILES string of the molecule is CCNc1c(F)cc(C(=O)N2CCSC(CC)C2)cc1F. The predicted molar refractivity (Wildman–Crippen MR) is 83.0 cm³/mol. The fourth-order valence-electron chi connectivity index (χ4n) is 2.38. The summed E-state index contributed by atoms with van der Waals surface area (Å²) in [5.74, 6) is -0.878. The number of benzene rings is 1. The summed E-state index contributed by atoms with van der Waals surface area (Å²) in [7, 11) is 0. The Hall–Kier alpha value is -1.30. The molecule has 1 saturated heterocycles. The van der Waals surface area contributed by atoms with E-state index in [1.54, 1.807) is 11.8 Å². The molecule has 0 aromatic heterocycles. The van der Waals surface area contributed by atoms with Crippen molar-refractivity contribution in [1.82, 2.24) is 4.90 Å². The summed E-state index contributed by atoms with van der Waals surface area (Å²) in [6, 6.07) is 2.23. The molecule has 1 unspecified atom stereocenters. The summed E-state index contributed by atoms with van der Waals surface area (Å²) in [5, 5.41) is 3.03. The molecule has 1 aromatic rings. The monoisotopic (exact) mass is 314 g/mol. The number of amides is 1. The Morgan fingerprint density at radius 2 is 2.05 bits per heavy atom. The molecule has 1 aliphatic heterocycles. The Morgan fingerprint density at radius 3 is 2.62 bits per heavy atom. The van der Waals surface area contributed by atoms with Crippen LogP contribution in [0.2, 0.25) is 0 Å². The molecule has 1 aromatic carbocycles. The molecular weight excluding hydrogens is 294 g/mol. The topological polar surface area (TPSA) is 32.3 Å². The average Bonchev–Trinajstić information content (AvgIpc) is 2.50. The van der Waals surface area contributed by atoms with Crippen LogP contribution in [0.5, 0.6) is 0 Å². The highest BCUT2D eigenvalue weighted by molar-refractivity contribution is 8.00. The first-order chi connectivity index (χ1) is 10.1. The smallest absolute Gasteiger partial charge is 0.254 e. The second-order valence-electron chi connectivity index (χ2n) is 5.00. The van der Waals surface area contributed by atoms with Crippen molar-refractivity contribution >= 4 is 23.4 Å². The molecule has 3 nitrogen and oxygen atoms in total. The van der Waals surface area contributed by atoms with E-state index in [2.05, 4.69) is 12.2 Å². The van der Waals surface area contributed by atoms with E-state index in [4.69, 9.17) is 0 Å². The van der Waals surface area contributed by atoms with Crippen molar-refractivity contribution in [2.45, 2.75) is 25.5 Å². The minimum absolute atomic E-state index is 0.0772. The first-order valence-corrected chi connectivity index (χ1v) is 8.25. The van der Waals surface area contributed by atoms with Gasteiger partial charge in [0.2, 0.25) is 0 Å². The van der Waals surface area contributed by atoms with Crippen LogP contribution in [0.3, 0.4) is 0 Å². The van der Waals surface area contributed by atoms with Gasteiger partial charge in [0.1, 0.15) is 17.3 Å². The lowest BCUT2D eigenvalue weighted by atomic mass is 10.1. The fraction of sp³-hybridized carbons (Fsp3) is 0.533. The maximum absolute atomic E-state index is 13.9. The molecule has 1 fully saturated rings. The molecule has 0 aliphatic carbocycles. The molecule has 1 heterocycles. The van der Waals surface area contributed by atoms with E-state index in [1.165, 1.54) is 0 Å². The largest absolute Gasteiger partial charge is 0.381 e. The van der Waals surface area contributed by atoms with Crippen LogP contribution in [0.1, 0.15) is 30.6 Å². The molecule has 0 saturated carbocycles. The fourth-order valence-corrected chi connectivity index (χ4v) is 3.56. The standard InChI is InChI=1S/C15H20F2N2OS/c1-3-11-9-19(5-6-21-11)15(20)10-7-12(16)14(18-4-2)13(17)8-10/h7-8,11,18H,3-6,9H2,1-2H3. The first-order valence-electron chi connectivity index (χ1n) is 7.20.